The highest BCUT2D eigenvalue weighted by molar-refractivity contribution is 6.05. The first-order valence-corrected chi connectivity index (χ1v) is 10.7. The predicted octanol–water partition coefficient (Wildman–Crippen LogP) is 6.52. The lowest BCUT2D eigenvalue weighted by molar-refractivity contribution is -0.138. The number of nitrogens with zero attached hydrogens (tertiary/aromatic N) is 1. The third-order valence-electron chi connectivity index (χ3n) is 5.94. The highest BCUT2D eigenvalue weighted by Crippen LogP contribution is 2.36. The Hall–Kier alpha value is -3.67. The van der Waals surface area contributed by atoms with Crippen molar-refractivity contribution in [2.75, 3.05) is 7.11 Å². The number of fused-ring (bicyclic) bond motifs is 3. The highest BCUT2D eigenvalue weighted by Gasteiger charge is 2.27. The molecule has 32 heavy (non-hydrogen) atoms. The van der Waals surface area contributed by atoms with Crippen LogP contribution in [0.15, 0.2) is 76.3 Å². The zero-order valence-electron chi connectivity index (χ0n) is 17.9. The van der Waals surface area contributed by atoms with Crippen LogP contribution in [0.3, 0.4) is 0 Å². The third-order valence-corrected chi connectivity index (χ3v) is 5.94. The Morgan fingerprint density at radius 1 is 1.03 bits per heavy atom. The molecule has 6 heteroatoms. The number of aryl methyl sites for hydroxylation is 1. The summed E-state index contributed by atoms with van der Waals surface area (Å²) in [7, 11) is 1.63. The molecule has 1 heterocycles. The summed E-state index contributed by atoms with van der Waals surface area (Å²) in [5.74, 6) is -0.522. The summed E-state index contributed by atoms with van der Waals surface area (Å²) in [5, 5.41) is 14.7. The number of hydrogen-bond acceptors (Lipinski definition) is 5. The van der Waals surface area contributed by atoms with Crippen LogP contribution in [-0.2, 0) is 11.2 Å². The van der Waals surface area contributed by atoms with E-state index in [1.165, 1.54) is 0 Å². The average Bonchev–Trinajstić information content (AvgIpc) is 3.18. The van der Waals surface area contributed by atoms with Crippen LogP contribution < -0.4 is 4.74 Å². The van der Waals surface area contributed by atoms with Crippen molar-refractivity contribution in [3.8, 4) is 5.75 Å². The molecule has 1 aromatic heterocycles. The van der Waals surface area contributed by atoms with Crippen molar-refractivity contribution in [1.82, 2.24) is 0 Å². The van der Waals surface area contributed by atoms with Gasteiger partial charge in [0.1, 0.15) is 23.0 Å². The van der Waals surface area contributed by atoms with Crippen molar-refractivity contribution in [2.45, 2.75) is 31.7 Å². The molecule has 0 aliphatic rings. The number of para-hydroxylation sites is 1. The molecule has 3 aromatic carbocycles. The van der Waals surface area contributed by atoms with Gasteiger partial charge in [0.15, 0.2) is 0 Å². The molecular formula is C26H25NO5. The number of hydrogen-bond donors (Lipinski definition) is 1. The number of methoxy groups -OCH3 is 1. The number of ether oxygens (including phenoxy) is 1. The van der Waals surface area contributed by atoms with Crippen molar-refractivity contribution in [3.63, 3.8) is 0 Å². The number of rotatable bonds is 10. The van der Waals surface area contributed by atoms with Gasteiger partial charge < -0.3 is 14.3 Å². The average molecular weight is 431 g/mol. The number of benzene rings is 3. The van der Waals surface area contributed by atoms with Gasteiger partial charge in [0.05, 0.1) is 13.5 Å². The largest absolute Gasteiger partial charge is 0.497 e. The second kappa shape index (κ2) is 9.64. The van der Waals surface area contributed by atoms with E-state index in [4.69, 9.17) is 9.15 Å². The SMILES string of the molecule is COc1ccc(CCCC(CC(=O)O)C(N=O)c2ccc3oc4ccccc4c3c2)cc1. The maximum Gasteiger partial charge on any atom is 0.303 e. The minimum atomic E-state index is -0.928. The summed E-state index contributed by atoms with van der Waals surface area (Å²) < 4.78 is 11.0. The molecule has 1 N–H and O–H groups in total. The molecule has 0 aliphatic carbocycles. The van der Waals surface area contributed by atoms with Gasteiger partial charge >= 0.3 is 5.97 Å². The molecule has 0 saturated heterocycles. The van der Waals surface area contributed by atoms with Crippen molar-refractivity contribution >= 4 is 27.9 Å². The lowest BCUT2D eigenvalue weighted by atomic mass is 9.86. The molecular weight excluding hydrogens is 406 g/mol. The van der Waals surface area contributed by atoms with Crippen LogP contribution in [-0.4, -0.2) is 18.2 Å². The molecule has 2 unspecified atom stereocenters. The fraction of sp³-hybridized carbons (Fsp3) is 0.269. The Bertz CT molecular complexity index is 1230. The smallest absolute Gasteiger partial charge is 0.303 e. The first kappa shape index (κ1) is 21.6. The molecule has 2 atom stereocenters. The molecule has 0 spiro atoms. The maximum absolute atomic E-state index is 11.9. The van der Waals surface area contributed by atoms with Crippen LogP contribution in [0, 0.1) is 10.8 Å². The topological polar surface area (TPSA) is 89.1 Å². The Balaban J connectivity index is 1.55. The van der Waals surface area contributed by atoms with Gasteiger partial charge in [-0.3, -0.25) is 4.79 Å². The molecule has 0 fully saturated rings. The number of carboxylic acid groups (broad SMARTS) is 1. The molecule has 4 rings (SSSR count). The number of carbonyl (C=O) groups is 1. The Morgan fingerprint density at radius 2 is 1.78 bits per heavy atom. The molecule has 164 valence electrons. The van der Waals surface area contributed by atoms with Crippen LogP contribution in [0.5, 0.6) is 5.75 Å². The normalized spacial score (nSPS) is 13.2. The molecule has 6 nitrogen and oxygen atoms in total. The fourth-order valence-corrected chi connectivity index (χ4v) is 4.30. The van der Waals surface area contributed by atoms with E-state index in [-0.39, 0.29) is 12.3 Å². The van der Waals surface area contributed by atoms with E-state index in [9.17, 15) is 14.8 Å². The van der Waals surface area contributed by atoms with Gasteiger partial charge in [-0.05, 0) is 66.6 Å². The summed E-state index contributed by atoms with van der Waals surface area (Å²) >= 11 is 0. The first-order valence-electron chi connectivity index (χ1n) is 10.7. The van der Waals surface area contributed by atoms with E-state index in [0.29, 0.717) is 6.42 Å². The number of furan rings is 1. The van der Waals surface area contributed by atoms with Crippen LogP contribution >= 0.6 is 0 Å². The van der Waals surface area contributed by atoms with Gasteiger partial charge in [-0.25, -0.2) is 0 Å². The predicted molar refractivity (Wildman–Crippen MR) is 124 cm³/mol. The minimum Gasteiger partial charge on any atom is -0.497 e. The lowest BCUT2D eigenvalue weighted by Gasteiger charge is -2.21. The minimum absolute atomic E-state index is 0.108. The Morgan fingerprint density at radius 3 is 2.50 bits per heavy atom. The second-order valence-electron chi connectivity index (χ2n) is 8.00. The van der Waals surface area contributed by atoms with E-state index in [1.54, 1.807) is 7.11 Å². The van der Waals surface area contributed by atoms with E-state index in [2.05, 4.69) is 5.18 Å². The van der Waals surface area contributed by atoms with E-state index >= 15 is 0 Å². The van der Waals surface area contributed by atoms with E-state index in [1.807, 2.05) is 66.7 Å². The highest BCUT2D eigenvalue weighted by atomic mass is 16.5. The Kier molecular flexibility index (Phi) is 6.50. The van der Waals surface area contributed by atoms with Gasteiger partial charge in [0.25, 0.3) is 0 Å². The van der Waals surface area contributed by atoms with Crippen LogP contribution in [0.4, 0.5) is 0 Å². The molecule has 0 radical (unpaired) electrons. The fourth-order valence-electron chi connectivity index (χ4n) is 4.30. The summed E-state index contributed by atoms with van der Waals surface area (Å²) in [6.45, 7) is 0. The monoisotopic (exact) mass is 431 g/mol. The van der Waals surface area contributed by atoms with Gasteiger partial charge in [-0.1, -0.05) is 41.6 Å². The summed E-state index contributed by atoms with van der Waals surface area (Å²) in [6.07, 6.45) is 2.02. The summed E-state index contributed by atoms with van der Waals surface area (Å²) in [5.41, 5.74) is 3.36. The van der Waals surface area contributed by atoms with Crippen molar-refractivity contribution in [3.05, 3.63) is 82.8 Å². The third kappa shape index (κ3) is 4.64. The zero-order chi connectivity index (χ0) is 22.5. The summed E-state index contributed by atoms with van der Waals surface area (Å²) in [4.78, 5) is 23.4. The van der Waals surface area contributed by atoms with E-state index < -0.39 is 12.0 Å². The maximum atomic E-state index is 11.9. The molecule has 0 bridgehead atoms. The van der Waals surface area contributed by atoms with Crippen LogP contribution in [0.2, 0.25) is 0 Å². The standard InChI is InChI=1S/C26H25NO5/c1-31-20-12-9-17(10-13-20)5-4-6-18(16-25(28)29)26(27-30)19-11-14-24-22(15-19)21-7-2-3-8-23(21)32-24/h2-3,7-15,18,26H,4-6,16H2,1H3,(H,28,29). The first-order chi connectivity index (χ1) is 15.6. The van der Waals surface area contributed by atoms with Crippen LogP contribution in [0.1, 0.15) is 36.4 Å². The van der Waals surface area contributed by atoms with Crippen molar-refractivity contribution in [1.29, 1.82) is 0 Å². The van der Waals surface area contributed by atoms with E-state index in [0.717, 1.165) is 51.7 Å². The number of aliphatic carboxylic acids is 1. The molecule has 4 aromatic rings. The molecule has 0 amide bonds. The zero-order valence-corrected chi connectivity index (χ0v) is 17.9. The lowest BCUT2D eigenvalue weighted by Crippen LogP contribution is -2.16. The number of nitroso groups, excluding NO2 is 1. The van der Waals surface area contributed by atoms with Gasteiger partial charge in [-0.15, -0.1) is 0 Å². The Labute approximate surface area is 185 Å². The molecule has 0 saturated carbocycles. The summed E-state index contributed by atoms with van der Waals surface area (Å²) in [6, 6.07) is 20.3. The van der Waals surface area contributed by atoms with Gasteiger partial charge in [-0.2, -0.15) is 4.91 Å². The quantitative estimate of drug-likeness (QED) is 0.289. The number of carboxylic acids is 1. The van der Waals surface area contributed by atoms with Crippen molar-refractivity contribution < 1.29 is 19.1 Å². The molecule has 0 aliphatic heterocycles. The van der Waals surface area contributed by atoms with Crippen LogP contribution in [0.25, 0.3) is 21.9 Å². The van der Waals surface area contributed by atoms with Crippen molar-refractivity contribution in [2.24, 2.45) is 11.1 Å². The van der Waals surface area contributed by atoms with Gasteiger partial charge in [0, 0.05) is 10.8 Å². The second-order valence-corrected chi connectivity index (χ2v) is 8.00. The van der Waals surface area contributed by atoms with Gasteiger partial charge in [0.2, 0.25) is 0 Å².